The van der Waals surface area contributed by atoms with Crippen molar-refractivity contribution in [2.75, 3.05) is 4.90 Å². The van der Waals surface area contributed by atoms with Gasteiger partial charge in [-0.2, -0.15) is 0 Å². The van der Waals surface area contributed by atoms with Crippen LogP contribution >= 0.6 is 0 Å². The molecule has 9 aromatic rings. The minimum absolute atomic E-state index is 0.827. The number of nitrogens with zero attached hydrogens (tertiary/aromatic N) is 1. The number of ether oxygens (including phenoxy) is 1. The monoisotopic (exact) mass is 689 g/mol. The Morgan fingerprint density at radius 3 is 1.56 bits per heavy atom. The van der Waals surface area contributed by atoms with Gasteiger partial charge < -0.3 is 9.64 Å². The van der Waals surface area contributed by atoms with Gasteiger partial charge in [0.15, 0.2) is 0 Å². The molecular formula is C52H35NO. The van der Waals surface area contributed by atoms with Crippen LogP contribution in [0.15, 0.2) is 212 Å². The molecule has 0 unspecified atom stereocenters. The van der Waals surface area contributed by atoms with Gasteiger partial charge in [-0.15, -0.1) is 0 Å². The van der Waals surface area contributed by atoms with E-state index in [2.05, 4.69) is 217 Å². The molecule has 0 atom stereocenters. The van der Waals surface area contributed by atoms with E-state index in [1.165, 1.54) is 22.1 Å². The van der Waals surface area contributed by atoms with E-state index in [4.69, 9.17) is 4.74 Å². The lowest BCUT2D eigenvalue weighted by molar-refractivity contribution is 0.488. The molecule has 1 heterocycles. The van der Waals surface area contributed by atoms with Crippen LogP contribution in [0.4, 0.5) is 17.1 Å². The lowest BCUT2D eigenvalue weighted by atomic mass is 9.87. The minimum Gasteiger partial charge on any atom is -0.456 e. The molecule has 0 saturated heterocycles. The van der Waals surface area contributed by atoms with Gasteiger partial charge in [0.05, 0.1) is 5.69 Å². The topological polar surface area (TPSA) is 12.5 Å². The molecule has 0 aliphatic carbocycles. The quantitative estimate of drug-likeness (QED) is 0.172. The molecule has 9 aromatic carbocycles. The van der Waals surface area contributed by atoms with E-state index >= 15 is 0 Å². The molecule has 0 N–H and O–H groups in total. The van der Waals surface area contributed by atoms with E-state index in [0.29, 0.717) is 0 Å². The van der Waals surface area contributed by atoms with Crippen LogP contribution in [0.3, 0.4) is 0 Å². The smallest absolute Gasteiger partial charge is 0.135 e. The Hall–Kier alpha value is -7.16. The number of hydrogen-bond donors (Lipinski definition) is 0. The summed E-state index contributed by atoms with van der Waals surface area (Å²) in [6.07, 6.45) is 0. The number of para-hydroxylation sites is 1. The van der Waals surface area contributed by atoms with Gasteiger partial charge in [0.1, 0.15) is 11.5 Å². The van der Waals surface area contributed by atoms with Crippen molar-refractivity contribution in [2.45, 2.75) is 0 Å². The molecule has 1 aliphatic rings. The summed E-state index contributed by atoms with van der Waals surface area (Å²) < 4.78 is 6.97. The molecule has 0 fully saturated rings. The maximum atomic E-state index is 6.97. The van der Waals surface area contributed by atoms with Gasteiger partial charge in [-0.05, 0) is 92.7 Å². The number of fused-ring (bicyclic) bond motifs is 6. The fourth-order valence-electron chi connectivity index (χ4n) is 7.89. The van der Waals surface area contributed by atoms with Crippen LogP contribution in [0.2, 0.25) is 0 Å². The van der Waals surface area contributed by atoms with Gasteiger partial charge in [0.25, 0.3) is 0 Å². The van der Waals surface area contributed by atoms with Gasteiger partial charge >= 0.3 is 0 Å². The Bertz CT molecular complexity index is 2770. The Kier molecular flexibility index (Phi) is 7.85. The van der Waals surface area contributed by atoms with Gasteiger partial charge in [-0.25, -0.2) is 0 Å². The standard InChI is InChI=1S/C52H35NO/c1-4-15-36(16-5-1)37-27-29-42(30-28-37)53(49-26-13-12-23-44(49)38-17-6-2-7-18-38)43-31-32-50-48(35-43)52-45(39-19-8-3-9-20-39)24-14-25-46(52)47-33-40-21-10-11-22-41(40)34-51(47)54-50/h1-35H. The third-order valence-corrected chi connectivity index (χ3v) is 10.5. The van der Waals surface area contributed by atoms with Crippen LogP contribution in [-0.4, -0.2) is 0 Å². The highest BCUT2D eigenvalue weighted by Gasteiger charge is 2.26. The Labute approximate surface area is 315 Å². The van der Waals surface area contributed by atoms with Crippen LogP contribution in [0.1, 0.15) is 0 Å². The van der Waals surface area contributed by atoms with Crippen molar-refractivity contribution in [1.29, 1.82) is 0 Å². The molecule has 2 heteroatoms. The largest absolute Gasteiger partial charge is 0.456 e. The highest BCUT2D eigenvalue weighted by Crippen LogP contribution is 2.53. The number of rotatable bonds is 6. The van der Waals surface area contributed by atoms with Gasteiger partial charge in [-0.3, -0.25) is 0 Å². The molecule has 54 heavy (non-hydrogen) atoms. The van der Waals surface area contributed by atoms with Crippen molar-refractivity contribution in [2.24, 2.45) is 0 Å². The van der Waals surface area contributed by atoms with E-state index in [1.54, 1.807) is 0 Å². The second-order valence-corrected chi connectivity index (χ2v) is 13.7. The van der Waals surface area contributed by atoms with E-state index in [-0.39, 0.29) is 0 Å². The summed E-state index contributed by atoms with van der Waals surface area (Å²) in [7, 11) is 0. The van der Waals surface area contributed by atoms with E-state index < -0.39 is 0 Å². The maximum Gasteiger partial charge on any atom is 0.135 e. The number of benzene rings is 9. The number of anilines is 3. The van der Waals surface area contributed by atoms with Crippen LogP contribution in [0, 0.1) is 0 Å². The SMILES string of the molecule is c1ccc(-c2ccc(N(c3ccc4c(c3)-c3c(-c5ccccc5)cccc3-c3cc5ccccc5cc3O4)c3ccccc3-c3ccccc3)cc2)cc1. The molecule has 0 spiro atoms. The first-order valence-corrected chi connectivity index (χ1v) is 18.4. The summed E-state index contributed by atoms with van der Waals surface area (Å²) in [6, 6.07) is 75.8. The molecule has 1 aliphatic heterocycles. The predicted molar refractivity (Wildman–Crippen MR) is 226 cm³/mol. The Balaban J connectivity index is 1.22. The highest BCUT2D eigenvalue weighted by molar-refractivity contribution is 6.03. The second kappa shape index (κ2) is 13.4. The minimum atomic E-state index is 0.827. The second-order valence-electron chi connectivity index (χ2n) is 13.7. The lowest BCUT2D eigenvalue weighted by Gasteiger charge is -2.29. The van der Waals surface area contributed by atoms with Crippen molar-refractivity contribution in [3.8, 4) is 67.1 Å². The first-order valence-electron chi connectivity index (χ1n) is 18.4. The van der Waals surface area contributed by atoms with Gasteiger partial charge in [0.2, 0.25) is 0 Å². The lowest BCUT2D eigenvalue weighted by Crippen LogP contribution is -2.11. The van der Waals surface area contributed by atoms with E-state index in [9.17, 15) is 0 Å². The summed E-state index contributed by atoms with van der Waals surface area (Å²) in [5.74, 6) is 1.68. The molecular weight excluding hydrogens is 655 g/mol. The molecule has 254 valence electrons. The zero-order valence-electron chi connectivity index (χ0n) is 29.6. The summed E-state index contributed by atoms with van der Waals surface area (Å²) in [6.45, 7) is 0. The van der Waals surface area contributed by atoms with Crippen LogP contribution in [0.25, 0.3) is 66.4 Å². The van der Waals surface area contributed by atoms with Crippen LogP contribution in [0.5, 0.6) is 11.5 Å². The molecule has 0 aromatic heterocycles. The molecule has 10 rings (SSSR count). The Morgan fingerprint density at radius 2 is 0.833 bits per heavy atom. The molecule has 0 amide bonds. The van der Waals surface area contributed by atoms with Crippen molar-refractivity contribution >= 4 is 27.8 Å². The maximum absolute atomic E-state index is 6.97. The van der Waals surface area contributed by atoms with Crippen molar-refractivity contribution in [3.05, 3.63) is 212 Å². The van der Waals surface area contributed by atoms with Crippen LogP contribution in [-0.2, 0) is 0 Å². The first kappa shape index (κ1) is 31.6. The third kappa shape index (κ3) is 5.62. The fourth-order valence-corrected chi connectivity index (χ4v) is 7.89. The van der Waals surface area contributed by atoms with Gasteiger partial charge in [-0.1, -0.05) is 164 Å². The molecule has 0 saturated carbocycles. The fraction of sp³-hybridized carbons (Fsp3) is 0. The van der Waals surface area contributed by atoms with Crippen molar-refractivity contribution in [3.63, 3.8) is 0 Å². The van der Waals surface area contributed by atoms with Crippen LogP contribution < -0.4 is 9.64 Å². The van der Waals surface area contributed by atoms with Crippen molar-refractivity contribution < 1.29 is 4.74 Å². The average molecular weight is 690 g/mol. The van der Waals surface area contributed by atoms with Gasteiger partial charge in [0, 0.05) is 33.6 Å². The average Bonchev–Trinajstić information content (AvgIpc) is 3.38. The first-order chi connectivity index (χ1) is 26.8. The third-order valence-electron chi connectivity index (χ3n) is 10.5. The zero-order chi connectivity index (χ0) is 35.8. The highest BCUT2D eigenvalue weighted by atomic mass is 16.5. The van der Waals surface area contributed by atoms with E-state index in [1.807, 2.05) is 0 Å². The summed E-state index contributed by atoms with van der Waals surface area (Å²) in [5.41, 5.74) is 14.7. The molecule has 0 bridgehead atoms. The normalized spacial score (nSPS) is 11.5. The summed E-state index contributed by atoms with van der Waals surface area (Å²) >= 11 is 0. The predicted octanol–water partition coefficient (Wildman–Crippen LogP) is 14.8. The van der Waals surface area contributed by atoms with E-state index in [0.717, 1.165) is 72.9 Å². The number of hydrogen-bond acceptors (Lipinski definition) is 2. The zero-order valence-corrected chi connectivity index (χ0v) is 29.6. The molecule has 2 nitrogen and oxygen atoms in total. The molecule has 0 radical (unpaired) electrons. The van der Waals surface area contributed by atoms with Crippen molar-refractivity contribution in [1.82, 2.24) is 0 Å². The summed E-state index contributed by atoms with van der Waals surface area (Å²) in [4.78, 5) is 2.38. The Morgan fingerprint density at radius 1 is 0.296 bits per heavy atom. The summed E-state index contributed by atoms with van der Waals surface area (Å²) in [5, 5.41) is 2.34.